The molecular weight excluding hydrogens is 368 g/mol. The number of ether oxygens (including phenoxy) is 3. The Morgan fingerprint density at radius 2 is 1.67 bits per heavy atom. The van der Waals surface area contributed by atoms with Crippen LogP contribution in [0.4, 0.5) is 11.4 Å². The average Bonchev–Trinajstić information content (AvgIpc) is 3.20. The smallest absolute Gasteiger partial charge is 0.262 e. The molecule has 0 aliphatic carbocycles. The van der Waals surface area contributed by atoms with E-state index in [-0.39, 0.29) is 11.0 Å². The van der Waals surface area contributed by atoms with Crippen molar-refractivity contribution in [2.45, 2.75) is 23.8 Å². The van der Waals surface area contributed by atoms with Gasteiger partial charge in [-0.3, -0.25) is 4.72 Å². The van der Waals surface area contributed by atoms with Crippen LogP contribution in [0.3, 0.4) is 0 Å². The molecule has 1 saturated heterocycles. The molecule has 7 nitrogen and oxygen atoms in total. The molecule has 1 fully saturated rings. The lowest BCUT2D eigenvalue weighted by Gasteiger charge is -2.19. The van der Waals surface area contributed by atoms with Crippen LogP contribution in [0.2, 0.25) is 0 Å². The van der Waals surface area contributed by atoms with Gasteiger partial charge in [0.05, 0.1) is 11.0 Å². The molecule has 2 aromatic rings. The van der Waals surface area contributed by atoms with Gasteiger partial charge in [-0.25, -0.2) is 8.42 Å². The molecule has 0 amide bonds. The van der Waals surface area contributed by atoms with Crippen LogP contribution < -0.4 is 19.5 Å². The van der Waals surface area contributed by atoms with Gasteiger partial charge < -0.3 is 19.5 Å². The third-order valence-corrected chi connectivity index (χ3v) is 5.90. The second-order valence-corrected chi connectivity index (χ2v) is 8.19. The molecule has 1 atom stereocenters. The summed E-state index contributed by atoms with van der Waals surface area (Å²) in [6, 6.07) is 11.7. The average molecular weight is 390 g/mol. The van der Waals surface area contributed by atoms with Gasteiger partial charge in [-0.05, 0) is 49.2 Å². The highest BCUT2D eigenvalue weighted by molar-refractivity contribution is 7.92. The number of nitrogens with one attached hydrogen (secondary N) is 2. The molecule has 4 rings (SSSR count). The Bertz CT molecular complexity index is 893. The summed E-state index contributed by atoms with van der Waals surface area (Å²) in [5.41, 5.74) is 1.42. The van der Waals surface area contributed by atoms with Crippen molar-refractivity contribution in [3.05, 3.63) is 42.5 Å². The molecule has 2 aliphatic heterocycles. The topological polar surface area (TPSA) is 85.9 Å². The summed E-state index contributed by atoms with van der Waals surface area (Å²) >= 11 is 0. The fourth-order valence-electron chi connectivity index (χ4n) is 3.10. The van der Waals surface area contributed by atoms with Gasteiger partial charge in [0.1, 0.15) is 13.2 Å². The van der Waals surface area contributed by atoms with Crippen molar-refractivity contribution >= 4 is 21.4 Å². The van der Waals surface area contributed by atoms with Gasteiger partial charge in [0.15, 0.2) is 11.5 Å². The van der Waals surface area contributed by atoms with Crippen molar-refractivity contribution in [2.24, 2.45) is 0 Å². The lowest BCUT2D eigenvalue weighted by Crippen LogP contribution is -2.18. The lowest BCUT2D eigenvalue weighted by molar-refractivity contribution is 0.120. The Morgan fingerprint density at radius 1 is 0.926 bits per heavy atom. The number of sulfonamides is 1. The molecule has 144 valence electrons. The minimum absolute atomic E-state index is 0.132. The van der Waals surface area contributed by atoms with Crippen LogP contribution in [-0.2, 0) is 14.8 Å². The second kappa shape index (κ2) is 7.66. The SMILES string of the molecule is O=S(=O)(Nc1ccc(NCC2CCCO2)cc1)c1ccc2c(c1)OCCO2. The number of fused-ring (bicyclic) bond motifs is 1. The van der Waals surface area contributed by atoms with Crippen molar-refractivity contribution in [2.75, 3.05) is 36.4 Å². The number of hydrogen-bond acceptors (Lipinski definition) is 6. The van der Waals surface area contributed by atoms with Gasteiger partial charge in [-0.15, -0.1) is 0 Å². The predicted molar refractivity (Wildman–Crippen MR) is 102 cm³/mol. The molecule has 2 N–H and O–H groups in total. The van der Waals surface area contributed by atoms with Gasteiger partial charge in [-0.2, -0.15) is 0 Å². The highest BCUT2D eigenvalue weighted by Crippen LogP contribution is 2.32. The minimum Gasteiger partial charge on any atom is -0.486 e. The Hall–Kier alpha value is -2.45. The molecule has 2 aromatic carbocycles. The summed E-state index contributed by atoms with van der Waals surface area (Å²) in [6.07, 6.45) is 2.42. The zero-order valence-electron chi connectivity index (χ0n) is 14.8. The summed E-state index contributed by atoms with van der Waals surface area (Å²) < 4.78 is 44.3. The summed E-state index contributed by atoms with van der Waals surface area (Å²) in [5, 5.41) is 3.31. The first kappa shape index (κ1) is 17.9. The summed E-state index contributed by atoms with van der Waals surface area (Å²) in [6.45, 7) is 2.45. The van der Waals surface area contributed by atoms with Crippen molar-refractivity contribution in [1.29, 1.82) is 0 Å². The normalized spacial score (nSPS) is 18.9. The van der Waals surface area contributed by atoms with E-state index in [1.807, 2.05) is 12.1 Å². The monoisotopic (exact) mass is 390 g/mol. The van der Waals surface area contributed by atoms with E-state index >= 15 is 0 Å². The molecule has 1 unspecified atom stereocenters. The van der Waals surface area contributed by atoms with Crippen LogP contribution in [0.1, 0.15) is 12.8 Å². The highest BCUT2D eigenvalue weighted by atomic mass is 32.2. The maximum absolute atomic E-state index is 12.6. The van der Waals surface area contributed by atoms with Crippen LogP contribution in [0.15, 0.2) is 47.4 Å². The van der Waals surface area contributed by atoms with E-state index < -0.39 is 10.0 Å². The van der Waals surface area contributed by atoms with Crippen molar-refractivity contribution in [3.8, 4) is 11.5 Å². The quantitative estimate of drug-likeness (QED) is 0.789. The summed E-state index contributed by atoms with van der Waals surface area (Å²) in [7, 11) is -3.71. The minimum atomic E-state index is -3.71. The van der Waals surface area contributed by atoms with Crippen molar-refractivity contribution in [3.63, 3.8) is 0 Å². The van der Waals surface area contributed by atoms with E-state index in [1.165, 1.54) is 12.1 Å². The molecule has 0 bridgehead atoms. The zero-order chi connectivity index (χ0) is 18.7. The molecule has 0 aromatic heterocycles. The van der Waals surface area contributed by atoms with Gasteiger partial charge in [0.2, 0.25) is 0 Å². The fourth-order valence-corrected chi connectivity index (χ4v) is 4.17. The standard InChI is InChI=1S/C19H22N2O5S/c22-27(23,17-7-8-18-19(12-17)26-11-10-25-18)21-15-5-3-14(4-6-15)20-13-16-2-1-9-24-16/h3-8,12,16,20-21H,1-2,9-11,13H2. The Kier molecular flexibility index (Phi) is 5.09. The van der Waals surface area contributed by atoms with Gasteiger partial charge >= 0.3 is 0 Å². The third kappa shape index (κ3) is 4.28. The van der Waals surface area contributed by atoms with Gasteiger partial charge in [-0.1, -0.05) is 0 Å². The Morgan fingerprint density at radius 3 is 2.41 bits per heavy atom. The molecule has 2 aliphatic rings. The summed E-state index contributed by atoms with van der Waals surface area (Å²) in [4.78, 5) is 0.132. The molecule has 27 heavy (non-hydrogen) atoms. The molecule has 0 radical (unpaired) electrons. The van der Waals surface area contributed by atoms with Gasteiger partial charge in [0.25, 0.3) is 10.0 Å². The first-order valence-corrected chi connectivity index (χ1v) is 10.5. The molecule has 8 heteroatoms. The fraction of sp³-hybridized carbons (Fsp3) is 0.368. The van der Waals surface area contributed by atoms with E-state index in [2.05, 4.69) is 10.0 Å². The first-order chi connectivity index (χ1) is 13.1. The van der Waals surface area contributed by atoms with Crippen LogP contribution >= 0.6 is 0 Å². The van der Waals surface area contributed by atoms with Crippen molar-refractivity contribution in [1.82, 2.24) is 0 Å². The van der Waals surface area contributed by atoms with E-state index in [1.54, 1.807) is 18.2 Å². The molecule has 0 saturated carbocycles. The lowest BCUT2D eigenvalue weighted by atomic mass is 10.2. The van der Waals surface area contributed by atoms with E-state index in [4.69, 9.17) is 14.2 Å². The predicted octanol–water partition coefficient (Wildman–Crippen LogP) is 2.85. The first-order valence-electron chi connectivity index (χ1n) is 8.98. The van der Waals surface area contributed by atoms with E-state index in [0.717, 1.165) is 31.7 Å². The van der Waals surface area contributed by atoms with Gasteiger partial charge in [0, 0.05) is 30.6 Å². The highest BCUT2D eigenvalue weighted by Gasteiger charge is 2.19. The largest absolute Gasteiger partial charge is 0.486 e. The van der Waals surface area contributed by atoms with Crippen LogP contribution in [0.5, 0.6) is 11.5 Å². The number of anilines is 2. The van der Waals surface area contributed by atoms with Crippen LogP contribution in [0.25, 0.3) is 0 Å². The third-order valence-electron chi connectivity index (χ3n) is 4.52. The Balaban J connectivity index is 1.41. The summed E-state index contributed by atoms with van der Waals surface area (Å²) in [5.74, 6) is 1.000. The molecule has 0 spiro atoms. The van der Waals surface area contributed by atoms with E-state index in [9.17, 15) is 8.42 Å². The van der Waals surface area contributed by atoms with Crippen LogP contribution in [0, 0.1) is 0 Å². The zero-order valence-corrected chi connectivity index (χ0v) is 15.6. The molecule has 2 heterocycles. The maximum atomic E-state index is 12.6. The number of benzene rings is 2. The molecular formula is C19H22N2O5S. The van der Waals surface area contributed by atoms with Crippen LogP contribution in [-0.4, -0.2) is 40.9 Å². The second-order valence-electron chi connectivity index (χ2n) is 6.50. The number of rotatable bonds is 6. The maximum Gasteiger partial charge on any atom is 0.262 e. The van der Waals surface area contributed by atoms with E-state index in [0.29, 0.717) is 30.4 Å². The Labute approximate surface area is 158 Å². The van der Waals surface area contributed by atoms with Crippen molar-refractivity contribution < 1.29 is 22.6 Å². The number of hydrogen-bond donors (Lipinski definition) is 2.